The standard InChI is InChI=1S/C20H41O.C2H7N/c1-3-4-5-6-7-8-9-10-11-12-13-14-15-16-17-18-19-20(2)21;1-3-2/h20-21H,2-19H2,1H3;3H,1-2H3. The molecule has 1 atom stereocenters. The molecule has 0 saturated heterocycles. The van der Waals surface area contributed by atoms with Gasteiger partial charge in [0.1, 0.15) is 0 Å². The van der Waals surface area contributed by atoms with E-state index >= 15 is 0 Å². The van der Waals surface area contributed by atoms with Crippen molar-refractivity contribution in [2.45, 2.75) is 122 Å². The van der Waals surface area contributed by atoms with E-state index in [1.54, 1.807) is 0 Å². The van der Waals surface area contributed by atoms with Gasteiger partial charge in [-0.2, -0.15) is 0 Å². The molecule has 0 aliphatic carbocycles. The Balaban J connectivity index is 0. The van der Waals surface area contributed by atoms with Crippen molar-refractivity contribution in [3.05, 3.63) is 6.92 Å². The molecule has 1 unspecified atom stereocenters. The molecule has 0 aliphatic rings. The fourth-order valence-corrected chi connectivity index (χ4v) is 2.93. The Morgan fingerprint density at radius 2 is 0.875 bits per heavy atom. The van der Waals surface area contributed by atoms with E-state index in [2.05, 4.69) is 19.2 Å². The van der Waals surface area contributed by atoms with E-state index in [0.717, 1.165) is 12.8 Å². The van der Waals surface area contributed by atoms with E-state index < -0.39 is 0 Å². The van der Waals surface area contributed by atoms with Crippen molar-refractivity contribution < 1.29 is 5.11 Å². The average molecular weight is 343 g/mol. The van der Waals surface area contributed by atoms with Crippen LogP contribution in [0.25, 0.3) is 0 Å². The van der Waals surface area contributed by atoms with Gasteiger partial charge in [-0.15, -0.1) is 0 Å². The molecule has 0 rings (SSSR count). The monoisotopic (exact) mass is 342 g/mol. The predicted octanol–water partition coefficient (Wildman–Crippen LogP) is 6.67. The minimum atomic E-state index is -0.350. The molecule has 147 valence electrons. The first kappa shape index (κ1) is 26.2. The Bertz CT molecular complexity index is 194. The fourth-order valence-electron chi connectivity index (χ4n) is 2.93. The zero-order valence-corrected chi connectivity index (χ0v) is 17.3. The molecule has 0 aromatic rings. The van der Waals surface area contributed by atoms with Crippen LogP contribution in [0, 0.1) is 6.92 Å². The van der Waals surface area contributed by atoms with Gasteiger partial charge in [-0.05, 0) is 27.4 Å². The fraction of sp³-hybridized carbons (Fsp3) is 0.955. The van der Waals surface area contributed by atoms with Gasteiger partial charge in [0.15, 0.2) is 0 Å². The molecule has 0 saturated carbocycles. The summed E-state index contributed by atoms with van der Waals surface area (Å²) in [5.74, 6) is 0. The molecule has 2 nitrogen and oxygen atoms in total. The minimum Gasteiger partial charge on any atom is -0.393 e. The summed E-state index contributed by atoms with van der Waals surface area (Å²) in [6.45, 7) is 5.89. The molecule has 0 aromatic carbocycles. The van der Waals surface area contributed by atoms with Crippen LogP contribution in [-0.4, -0.2) is 25.3 Å². The molecule has 0 bridgehead atoms. The molecule has 24 heavy (non-hydrogen) atoms. The Morgan fingerprint density at radius 3 is 1.12 bits per heavy atom. The zero-order chi connectivity index (χ0) is 18.3. The number of rotatable bonds is 17. The Labute approximate surface area is 154 Å². The summed E-state index contributed by atoms with van der Waals surface area (Å²) in [4.78, 5) is 0. The molecule has 0 aromatic heterocycles. The van der Waals surface area contributed by atoms with Crippen molar-refractivity contribution in [1.29, 1.82) is 0 Å². The van der Waals surface area contributed by atoms with Crippen molar-refractivity contribution in [2.75, 3.05) is 14.1 Å². The van der Waals surface area contributed by atoms with Crippen LogP contribution in [0.5, 0.6) is 0 Å². The van der Waals surface area contributed by atoms with Gasteiger partial charge in [0, 0.05) is 0 Å². The smallest absolute Gasteiger partial charge is 0.0541 e. The van der Waals surface area contributed by atoms with E-state index in [9.17, 15) is 0 Å². The van der Waals surface area contributed by atoms with Crippen LogP contribution in [0.2, 0.25) is 0 Å². The van der Waals surface area contributed by atoms with E-state index in [4.69, 9.17) is 5.11 Å². The lowest BCUT2D eigenvalue weighted by Crippen LogP contribution is -1.98. The van der Waals surface area contributed by atoms with Crippen molar-refractivity contribution in [1.82, 2.24) is 5.32 Å². The number of aliphatic hydroxyl groups excluding tert-OH is 1. The lowest BCUT2D eigenvalue weighted by molar-refractivity contribution is 0.205. The maximum absolute atomic E-state index is 9.06. The summed E-state index contributed by atoms with van der Waals surface area (Å²) in [7, 11) is 3.75. The Morgan fingerprint density at radius 1 is 0.625 bits per heavy atom. The molecular weight excluding hydrogens is 294 g/mol. The first-order chi connectivity index (χ1) is 11.7. The van der Waals surface area contributed by atoms with Crippen LogP contribution in [0.4, 0.5) is 0 Å². The van der Waals surface area contributed by atoms with Crippen LogP contribution < -0.4 is 5.32 Å². The van der Waals surface area contributed by atoms with Crippen LogP contribution >= 0.6 is 0 Å². The molecule has 0 spiro atoms. The van der Waals surface area contributed by atoms with Crippen LogP contribution in [0.15, 0.2) is 0 Å². The third kappa shape index (κ3) is 29.9. The molecule has 1 radical (unpaired) electrons. The maximum Gasteiger partial charge on any atom is 0.0541 e. The first-order valence-corrected chi connectivity index (χ1v) is 10.8. The van der Waals surface area contributed by atoms with Gasteiger partial charge in [0.25, 0.3) is 0 Å². The third-order valence-electron chi connectivity index (χ3n) is 4.39. The SMILES string of the molecule is CNC.[CH2]C(O)CCCCCCCCCCCCCCCCCC. The molecule has 0 amide bonds. The summed E-state index contributed by atoms with van der Waals surface area (Å²) in [5.41, 5.74) is 0. The van der Waals surface area contributed by atoms with E-state index in [-0.39, 0.29) is 6.10 Å². The van der Waals surface area contributed by atoms with Crippen molar-refractivity contribution >= 4 is 0 Å². The highest BCUT2D eigenvalue weighted by Gasteiger charge is 1.96. The maximum atomic E-state index is 9.06. The minimum absolute atomic E-state index is 0.350. The second-order valence-electron chi connectivity index (χ2n) is 7.25. The highest BCUT2D eigenvalue weighted by Crippen LogP contribution is 2.14. The number of unbranched alkanes of at least 4 members (excludes halogenated alkanes) is 15. The second-order valence-corrected chi connectivity index (χ2v) is 7.25. The zero-order valence-electron chi connectivity index (χ0n) is 17.3. The van der Waals surface area contributed by atoms with E-state index in [1.807, 2.05) is 14.1 Å². The van der Waals surface area contributed by atoms with Gasteiger partial charge in [0.2, 0.25) is 0 Å². The summed E-state index contributed by atoms with van der Waals surface area (Å²) in [6.07, 6.45) is 22.9. The highest BCUT2D eigenvalue weighted by atomic mass is 16.3. The molecule has 0 fully saturated rings. The quantitative estimate of drug-likeness (QED) is 0.289. The normalized spacial score (nSPS) is 11.9. The summed E-state index contributed by atoms with van der Waals surface area (Å²) < 4.78 is 0. The summed E-state index contributed by atoms with van der Waals surface area (Å²) >= 11 is 0. The van der Waals surface area contributed by atoms with E-state index in [0.29, 0.717) is 0 Å². The number of hydrogen-bond donors (Lipinski definition) is 2. The van der Waals surface area contributed by atoms with Gasteiger partial charge < -0.3 is 10.4 Å². The molecule has 2 N–H and O–H groups in total. The van der Waals surface area contributed by atoms with Crippen molar-refractivity contribution in [2.24, 2.45) is 0 Å². The van der Waals surface area contributed by atoms with E-state index in [1.165, 1.54) is 96.3 Å². The largest absolute Gasteiger partial charge is 0.393 e. The average Bonchev–Trinajstić information content (AvgIpc) is 2.55. The van der Waals surface area contributed by atoms with Crippen molar-refractivity contribution in [3.63, 3.8) is 0 Å². The number of aliphatic hydroxyl groups is 1. The van der Waals surface area contributed by atoms with Gasteiger partial charge in [-0.1, -0.05) is 110 Å². The van der Waals surface area contributed by atoms with Crippen molar-refractivity contribution in [3.8, 4) is 0 Å². The van der Waals surface area contributed by atoms with Crippen LogP contribution in [-0.2, 0) is 0 Å². The second kappa shape index (κ2) is 25.2. The molecule has 0 heterocycles. The highest BCUT2D eigenvalue weighted by molar-refractivity contribution is 4.56. The lowest BCUT2D eigenvalue weighted by Gasteiger charge is -2.04. The third-order valence-corrected chi connectivity index (χ3v) is 4.39. The summed E-state index contributed by atoms with van der Waals surface area (Å²) in [5, 5.41) is 11.8. The van der Waals surface area contributed by atoms with Gasteiger partial charge >= 0.3 is 0 Å². The van der Waals surface area contributed by atoms with Gasteiger partial charge in [-0.25, -0.2) is 0 Å². The molecule has 2 heteroatoms. The Kier molecular flexibility index (Phi) is 27.4. The van der Waals surface area contributed by atoms with Gasteiger partial charge in [-0.3, -0.25) is 0 Å². The van der Waals surface area contributed by atoms with Crippen LogP contribution in [0.1, 0.15) is 116 Å². The first-order valence-electron chi connectivity index (χ1n) is 10.8. The molecule has 0 aliphatic heterocycles. The predicted molar refractivity (Wildman–Crippen MR) is 111 cm³/mol. The summed E-state index contributed by atoms with van der Waals surface area (Å²) in [6, 6.07) is 0. The Hall–Kier alpha value is -0.0800. The lowest BCUT2D eigenvalue weighted by atomic mass is 10.0. The number of nitrogens with one attached hydrogen (secondary N) is 1. The topological polar surface area (TPSA) is 32.3 Å². The molecular formula is C22H48NO. The van der Waals surface area contributed by atoms with Gasteiger partial charge in [0.05, 0.1) is 6.10 Å². The number of hydrogen-bond acceptors (Lipinski definition) is 2. The van der Waals surface area contributed by atoms with Crippen LogP contribution in [0.3, 0.4) is 0 Å².